The molecule has 1 N–H and O–H groups in total. The van der Waals surface area contributed by atoms with Crippen LogP contribution in [0.4, 0.5) is 0 Å². The average molecular weight is 291 g/mol. The molecule has 1 aromatic rings. The summed E-state index contributed by atoms with van der Waals surface area (Å²) >= 11 is 0. The van der Waals surface area contributed by atoms with E-state index in [-0.39, 0.29) is 0 Å². The average Bonchev–Trinajstić information content (AvgIpc) is 2.43. The van der Waals surface area contributed by atoms with Gasteiger partial charge in [-0.05, 0) is 37.7 Å². The third-order valence-corrected chi connectivity index (χ3v) is 3.50. The van der Waals surface area contributed by atoms with Crippen molar-refractivity contribution in [3.63, 3.8) is 0 Å². The molecule has 0 bridgehead atoms. The second kappa shape index (κ2) is 9.93. The number of benzene rings is 1. The van der Waals surface area contributed by atoms with Gasteiger partial charge in [0, 0.05) is 32.7 Å². The Labute approximate surface area is 131 Å². The maximum atomic E-state index is 3.37. The van der Waals surface area contributed by atoms with E-state index in [9.17, 15) is 0 Å². The fraction of sp³-hybridized carbons (Fsp3) is 0.667. The van der Waals surface area contributed by atoms with Crippen LogP contribution in [0.25, 0.3) is 0 Å². The van der Waals surface area contributed by atoms with E-state index in [0.29, 0.717) is 5.92 Å². The zero-order valence-corrected chi connectivity index (χ0v) is 14.5. The molecule has 0 aliphatic carbocycles. The van der Waals surface area contributed by atoms with E-state index in [2.05, 4.69) is 74.2 Å². The fourth-order valence-electron chi connectivity index (χ4n) is 2.38. The number of nitrogens with one attached hydrogen (secondary N) is 1. The summed E-state index contributed by atoms with van der Waals surface area (Å²) in [5, 5.41) is 3.37. The molecule has 0 heterocycles. The molecular weight excluding hydrogens is 258 g/mol. The van der Waals surface area contributed by atoms with Gasteiger partial charge < -0.3 is 10.2 Å². The first-order valence-corrected chi connectivity index (χ1v) is 8.16. The second-order valence-corrected chi connectivity index (χ2v) is 6.53. The van der Waals surface area contributed by atoms with Crippen molar-refractivity contribution in [1.82, 2.24) is 15.1 Å². The first-order chi connectivity index (χ1) is 10.0. The molecule has 0 atom stereocenters. The molecule has 0 aliphatic rings. The first kappa shape index (κ1) is 18.1. The van der Waals surface area contributed by atoms with Gasteiger partial charge in [-0.3, -0.25) is 4.90 Å². The largest absolute Gasteiger partial charge is 0.313 e. The van der Waals surface area contributed by atoms with Crippen LogP contribution in [-0.4, -0.2) is 50.1 Å². The van der Waals surface area contributed by atoms with E-state index >= 15 is 0 Å². The van der Waals surface area contributed by atoms with Crippen molar-refractivity contribution >= 4 is 0 Å². The Morgan fingerprint density at radius 2 is 1.62 bits per heavy atom. The predicted octanol–water partition coefficient (Wildman–Crippen LogP) is 2.82. The van der Waals surface area contributed by atoms with Gasteiger partial charge in [-0.25, -0.2) is 0 Å². The van der Waals surface area contributed by atoms with Crippen LogP contribution >= 0.6 is 0 Å². The minimum Gasteiger partial charge on any atom is -0.313 e. The highest BCUT2D eigenvalue weighted by Crippen LogP contribution is 2.09. The quantitative estimate of drug-likeness (QED) is 0.715. The van der Waals surface area contributed by atoms with Gasteiger partial charge in [-0.15, -0.1) is 0 Å². The lowest BCUT2D eigenvalue weighted by atomic mass is 10.1. The van der Waals surface area contributed by atoms with Crippen LogP contribution in [0.3, 0.4) is 0 Å². The SMILES string of the molecule is CCNCc1ccc(CN(CCN(C)C)CC(C)C)cc1. The van der Waals surface area contributed by atoms with Crippen LogP contribution in [0.1, 0.15) is 31.9 Å². The van der Waals surface area contributed by atoms with Gasteiger partial charge in [0.15, 0.2) is 0 Å². The monoisotopic (exact) mass is 291 g/mol. The molecule has 0 saturated carbocycles. The molecule has 120 valence electrons. The highest BCUT2D eigenvalue weighted by Gasteiger charge is 2.08. The van der Waals surface area contributed by atoms with Crippen molar-refractivity contribution in [2.75, 3.05) is 40.3 Å². The molecule has 0 spiro atoms. The lowest BCUT2D eigenvalue weighted by molar-refractivity contribution is 0.212. The van der Waals surface area contributed by atoms with Crippen molar-refractivity contribution < 1.29 is 0 Å². The van der Waals surface area contributed by atoms with Crippen LogP contribution < -0.4 is 5.32 Å². The molecule has 0 fully saturated rings. The van der Waals surface area contributed by atoms with Gasteiger partial charge in [0.2, 0.25) is 0 Å². The molecule has 21 heavy (non-hydrogen) atoms. The van der Waals surface area contributed by atoms with E-state index < -0.39 is 0 Å². The molecule has 3 nitrogen and oxygen atoms in total. The van der Waals surface area contributed by atoms with E-state index in [1.165, 1.54) is 11.1 Å². The summed E-state index contributed by atoms with van der Waals surface area (Å²) in [6, 6.07) is 9.04. The molecule has 0 aromatic heterocycles. The molecule has 3 heteroatoms. The summed E-state index contributed by atoms with van der Waals surface area (Å²) in [6.07, 6.45) is 0. The van der Waals surface area contributed by atoms with Crippen LogP contribution in [0.5, 0.6) is 0 Å². The second-order valence-electron chi connectivity index (χ2n) is 6.53. The minimum absolute atomic E-state index is 0.709. The smallest absolute Gasteiger partial charge is 0.0234 e. The molecule has 1 aromatic carbocycles. The summed E-state index contributed by atoms with van der Waals surface area (Å²) in [7, 11) is 4.28. The highest BCUT2D eigenvalue weighted by atomic mass is 15.2. The van der Waals surface area contributed by atoms with Crippen LogP contribution in [0.2, 0.25) is 0 Å². The number of hydrogen-bond donors (Lipinski definition) is 1. The molecule has 0 saturated heterocycles. The number of rotatable bonds is 10. The predicted molar refractivity (Wildman–Crippen MR) is 92.5 cm³/mol. The minimum atomic E-state index is 0.709. The molecule has 0 aliphatic heterocycles. The van der Waals surface area contributed by atoms with E-state index in [1.807, 2.05) is 0 Å². The standard InChI is InChI=1S/C18H33N3/c1-6-19-13-17-7-9-18(10-8-17)15-21(14-16(2)3)12-11-20(4)5/h7-10,16,19H,6,11-15H2,1-5H3. The maximum absolute atomic E-state index is 3.37. The zero-order chi connectivity index (χ0) is 15.7. The Balaban J connectivity index is 2.55. The van der Waals surface area contributed by atoms with Crippen molar-refractivity contribution in [3.8, 4) is 0 Å². The van der Waals surface area contributed by atoms with Gasteiger partial charge >= 0.3 is 0 Å². The summed E-state index contributed by atoms with van der Waals surface area (Å²) in [6.45, 7) is 13.2. The Bertz CT molecular complexity index is 371. The van der Waals surface area contributed by atoms with Crippen molar-refractivity contribution in [2.45, 2.75) is 33.9 Å². The lowest BCUT2D eigenvalue weighted by Crippen LogP contribution is -2.34. The van der Waals surface area contributed by atoms with Gasteiger partial charge in [-0.2, -0.15) is 0 Å². The number of nitrogens with zero attached hydrogens (tertiary/aromatic N) is 2. The first-order valence-electron chi connectivity index (χ1n) is 8.16. The molecular formula is C18H33N3. The third-order valence-electron chi connectivity index (χ3n) is 3.50. The summed E-state index contributed by atoms with van der Waals surface area (Å²) in [4.78, 5) is 4.82. The van der Waals surface area contributed by atoms with Crippen molar-refractivity contribution in [1.29, 1.82) is 0 Å². The third kappa shape index (κ3) is 8.20. The topological polar surface area (TPSA) is 18.5 Å². The Kier molecular flexibility index (Phi) is 8.58. The molecule has 1 rings (SSSR count). The number of hydrogen-bond acceptors (Lipinski definition) is 3. The highest BCUT2D eigenvalue weighted by molar-refractivity contribution is 5.22. The van der Waals surface area contributed by atoms with E-state index in [1.54, 1.807) is 0 Å². The van der Waals surface area contributed by atoms with E-state index in [0.717, 1.165) is 39.3 Å². The van der Waals surface area contributed by atoms with Crippen LogP contribution in [0.15, 0.2) is 24.3 Å². The molecule has 0 unspecified atom stereocenters. The Hall–Kier alpha value is -0.900. The normalized spacial score (nSPS) is 11.8. The Morgan fingerprint density at radius 3 is 2.14 bits per heavy atom. The maximum Gasteiger partial charge on any atom is 0.0234 e. The fourth-order valence-corrected chi connectivity index (χ4v) is 2.38. The van der Waals surface area contributed by atoms with Gasteiger partial charge in [0.05, 0.1) is 0 Å². The van der Waals surface area contributed by atoms with Gasteiger partial charge in [0.25, 0.3) is 0 Å². The summed E-state index contributed by atoms with van der Waals surface area (Å²) in [5.74, 6) is 0.709. The zero-order valence-electron chi connectivity index (χ0n) is 14.5. The van der Waals surface area contributed by atoms with Gasteiger partial charge in [-0.1, -0.05) is 45.0 Å². The van der Waals surface area contributed by atoms with E-state index in [4.69, 9.17) is 0 Å². The molecule has 0 radical (unpaired) electrons. The number of likely N-dealkylation sites (N-methyl/N-ethyl adjacent to an activating group) is 1. The van der Waals surface area contributed by atoms with Crippen molar-refractivity contribution in [3.05, 3.63) is 35.4 Å². The summed E-state index contributed by atoms with van der Waals surface area (Å²) in [5.41, 5.74) is 2.78. The lowest BCUT2D eigenvalue weighted by Gasteiger charge is -2.26. The molecule has 0 amide bonds. The van der Waals surface area contributed by atoms with Gasteiger partial charge in [0.1, 0.15) is 0 Å². The van der Waals surface area contributed by atoms with Crippen molar-refractivity contribution in [2.24, 2.45) is 5.92 Å². The summed E-state index contributed by atoms with van der Waals surface area (Å²) < 4.78 is 0. The van der Waals surface area contributed by atoms with Crippen LogP contribution in [0, 0.1) is 5.92 Å². The Morgan fingerprint density at radius 1 is 1.00 bits per heavy atom. The van der Waals surface area contributed by atoms with Crippen LogP contribution in [-0.2, 0) is 13.1 Å².